The zero-order valence-corrected chi connectivity index (χ0v) is 18.9. The van der Waals surface area contributed by atoms with E-state index in [2.05, 4.69) is 10.2 Å². The van der Waals surface area contributed by atoms with Crippen LogP contribution in [0.2, 0.25) is 0 Å². The molecule has 7 nitrogen and oxygen atoms in total. The van der Waals surface area contributed by atoms with Crippen LogP contribution in [-0.4, -0.2) is 67.6 Å². The molecule has 0 spiro atoms. The van der Waals surface area contributed by atoms with Gasteiger partial charge in [0.05, 0.1) is 30.9 Å². The van der Waals surface area contributed by atoms with E-state index in [-0.39, 0.29) is 11.8 Å². The number of morpholine rings is 1. The molecule has 160 valence electrons. The number of thiophene rings is 1. The second kappa shape index (κ2) is 8.83. The van der Waals surface area contributed by atoms with Gasteiger partial charge in [0.15, 0.2) is 0 Å². The number of aryl methyl sites for hydroxylation is 2. The summed E-state index contributed by atoms with van der Waals surface area (Å²) in [5.74, 6) is 1.88. The zero-order valence-electron chi connectivity index (χ0n) is 17.2. The van der Waals surface area contributed by atoms with E-state index < -0.39 is 9.84 Å². The van der Waals surface area contributed by atoms with Crippen molar-refractivity contribution in [3.8, 4) is 0 Å². The Kier molecular flexibility index (Phi) is 6.38. The summed E-state index contributed by atoms with van der Waals surface area (Å²) < 4.78 is 28.6. The maximum Gasteiger partial charge on any atom is 0.147 e. The van der Waals surface area contributed by atoms with Gasteiger partial charge in [-0.05, 0) is 44.6 Å². The number of ether oxygens (including phenoxy) is 1. The number of rotatable bonds is 7. The van der Waals surface area contributed by atoms with Crippen LogP contribution in [0.5, 0.6) is 0 Å². The highest BCUT2D eigenvalue weighted by Crippen LogP contribution is 2.39. The molecule has 1 aliphatic heterocycles. The number of hydrogen-bond acceptors (Lipinski definition) is 8. The number of nitrogens with zero attached hydrogens (tertiary/aromatic N) is 3. The van der Waals surface area contributed by atoms with E-state index in [0.717, 1.165) is 61.0 Å². The summed E-state index contributed by atoms with van der Waals surface area (Å²) in [6.07, 6.45) is 6.50. The third-order valence-corrected chi connectivity index (χ3v) is 7.80. The molecule has 1 fully saturated rings. The van der Waals surface area contributed by atoms with Gasteiger partial charge >= 0.3 is 0 Å². The summed E-state index contributed by atoms with van der Waals surface area (Å²) in [4.78, 5) is 14.7. The minimum absolute atomic E-state index is 0.0261. The summed E-state index contributed by atoms with van der Waals surface area (Å²) >= 11 is 1.80. The van der Waals surface area contributed by atoms with E-state index in [9.17, 15) is 8.42 Å². The summed E-state index contributed by atoms with van der Waals surface area (Å²) in [6, 6.07) is 0.0261. The Morgan fingerprint density at radius 2 is 1.97 bits per heavy atom. The first-order valence-electron chi connectivity index (χ1n) is 10.4. The lowest BCUT2D eigenvalue weighted by Gasteiger charge is -2.26. The lowest BCUT2D eigenvalue weighted by atomic mass is 9.97. The molecule has 3 heterocycles. The Bertz CT molecular complexity index is 968. The van der Waals surface area contributed by atoms with Gasteiger partial charge in [0.25, 0.3) is 0 Å². The van der Waals surface area contributed by atoms with Gasteiger partial charge in [0.2, 0.25) is 0 Å². The summed E-state index contributed by atoms with van der Waals surface area (Å²) in [6.45, 7) is 6.05. The SMILES string of the molecule is CC(CCS(C)(=O)=O)Nc1nc(CN2CCOCC2)nc2sc3c(c12)CCCC3. The predicted molar refractivity (Wildman–Crippen MR) is 118 cm³/mol. The van der Waals surface area contributed by atoms with Crippen LogP contribution in [0.1, 0.15) is 42.5 Å². The Labute approximate surface area is 176 Å². The molecule has 1 aliphatic carbocycles. The number of anilines is 1. The van der Waals surface area contributed by atoms with E-state index in [1.165, 1.54) is 29.5 Å². The zero-order chi connectivity index (χ0) is 20.4. The van der Waals surface area contributed by atoms with Crippen molar-refractivity contribution in [2.45, 2.75) is 51.6 Å². The topological polar surface area (TPSA) is 84.4 Å². The minimum atomic E-state index is -2.97. The first-order valence-corrected chi connectivity index (χ1v) is 13.3. The highest BCUT2D eigenvalue weighted by atomic mass is 32.2. The normalized spacial score (nSPS) is 19.2. The molecule has 4 rings (SSSR count). The fourth-order valence-electron chi connectivity index (χ4n) is 4.03. The second-order valence-electron chi connectivity index (χ2n) is 8.23. The van der Waals surface area contributed by atoms with Gasteiger partial charge < -0.3 is 10.1 Å². The smallest absolute Gasteiger partial charge is 0.147 e. The van der Waals surface area contributed by atoms with Crippen molar-refractivity contribution in [2.75, 3.05) is 43.6 Å². The molecule has 1 saturated heterocycles. The van der Waals surface area contributed by atoms with E-state index in [4.69, 9.17) is 14.7 Å². The Morgan fingerprint density at radius 1 is 1.21 bits per heavy atom. The van der Waals surface area contributed by atoms with Gasteiger partial charge in [-0.2, -0.15) is 0 Å². The fraction of sp³-hybridized carbons (Fsp3) is 0.700. The highest BCUT2D eigenvalue weighted by Gasteiger charge is 2.23. The molecule has 1 N–H and O–H groups in total. The van der Waals surface area contributed by atoms with Gasteiger partial charge in [-0.3, -0.25) is 4.90 Å². The highest BCUT2D eigenvalue weighted by molar-refractivity contribution is 7.90. The van der Waals surface area contributed by atoms with Crippen molar-refractivity contribution in [2.24, 2.45) is 0 Å². The van der Waals surface area contributed by atoms with Gasteiger partial charge in [-0.1, -0.05) is 0 Å². The third-order valence-electron chi connectivity index (χ3n) is 5.63. The van der Waals surface area contributed by atoms with Crippen molar-refractivity contribution in [1.29, 1.82) is 0 Å². The Hall–Kier alpha value is -1.29. The van der Waals surface area contributed by atoms with E-state index in [1.54, 1.807) is 11.3 Å². The lowest BCUT2D eigenvalue weighted by Crippen LogP contribution is -2.36. The van der Waals surface area contributed by atoms with E-state index in [1.807, 2.05) is 6.92 Å². The van der Waals surface area contributed by atoms with Crippen molar-refractivity contribution < 1.29 is 13.2 Å². The van der Waals surface area contributed by atoms with Crippen LogP contribution < -0.4 is 5.32 Å². The molecular formula is C20H30N4O3S2. The summed E-state index contributed by atoms with van der Waals surface area (Å²) in [7, 11) is -2.97. The fourth-order valence-corrected chi connectivity index (χ4v) is 6.09. The number of hydrogen-bond donors (Lipinski definition) is 1. The summed E-state index contributed by atoms with van der Waals surface area (Å²) in [5, 5.41) is 4.67. The van der Waals surface area contributed by atoms with E-state index >= 15 is 0 Å². The third kappa shape index (κ3) is 5.25. The molecule has 1 atom stereocenters. The van der Waals surface area contributed by atoms with Crippen LogP contribution in [0.3, 0.4) is 0 Å². The monoisotopic (exact) mass is 438 g/mol. The number of sulfone groups is 1. The second-order valence-corrected chi connectivity index (χ2v) is 11.6. The molecule has 0 radical (unpaired) electrons. The Morgan fingerprint density at radius 3 is 2.72 bits per heavy atom. The molecular weight excluding hydrogens is 408 g/mol. The molecule has 2 aromatic heterocycles. The largest absolute Gasteiger partial charge is 0.379 e. The molecule has 29 heavy (non-hydrogen) atoms. The van der Waals surface area contributed by atoms with Gasteiger partial charge in [-0.25, -0.2) is 18.4 Å². The molecule has 0 amide bonds. The standard InChI is InChI=1S/C20H30N4O3S2/c1-14(7-12-29(2,25)26)21-19-18-15-5-3-4-6-16(15)28-20(18)23-17(22-19)13-24-8-10-27-11-9-24/h14H,3-13H2,1-2H3,(H,21,22,23). The van der Waals surface area contributed by atoms with Crippen molar-refractivity contribution >= 4 is 37.2 Å². The van der Waals surface area contributed by atoms with Crippen LogP contribution in [-0.2, 0) is 34.0 Å². The number of nitrogens with one attached hydrogen (secondary N) is 1. The first-order chi connectivity index (χ1) is 13.9. The van der Waals surface area contributed by atoms with E-state index in [0.29, 0.717) is 13.0 Å². The summed E-state index contributed by atoms with van der Waals surface area (Å²) in [5.41, 5.74) is 1.40. The quantitative estimate of drug-likeness (QED) is 0.711. The van der Waals surface area contributed by atoms with Crippen LogP contribution in [0.15, 0.2) is 0 Å². The molecule has 2 aliphatic rings. The predicted octanol–water partition coefficient (Wildman–Crippen LogP) is 2.64. The molecule has 0 saturated carbocycles. The number of fused-ring (bicyclic) bond motifs is 3. The van der Waals surface area contributed by atoms with Gasteiger partial charge in [0, 0.05) is 30.3 Å². The van der Waals surface area contributed by atoms with Gasteiger partial charge in [-0.15, -0.1) is 11.3 Å². The minimum Gasteiger partial charge on any atom is -0.379 e. The van der Waals surface area contributed by atoms with Crippen molar-refractivity contribution in [3.63, 3.8) is 0 Å². The first kappa shape index (κ1) is 21.0. The van der Waals surface area contributed by atoms with Crippen molar-refractivity contribution in [3.05, 3.63) is 16.3 Å². The maximum absolute atomic E-state index is 11.6. The van der Waals surface area contributed by atoms with Crippen LogP contribution in [0.25, 0.3) is 10.2 Å². The van der Waals surface area contributed by atoms with Gasteiger partial charge in [0.1, 0.15) is 26.3 Å². The number of aromatic nitrogens is 2. The molecule has 0 aromatic carbocycles. The lowest BCUT2D eigenvalue weighted by molar-refractivity contribution is 0.0331. The average molecular weight is 439 g/mol. The van der Waals surface area contributed by atoms with Crippen LogP contribution >= 0.6 is 11.3 Å². The Balaban J connectivity index is 1.64. The molecule has 0 bridgehead atoms. The van der Waals surface area contributed by atoms with Crippen molar-refractivity contribution in [1.82, 2.24) is 14.9 Å². The maximum atomic E-state index is 11.6. The van der Waals surface area contributed by atoms with Crippen LogP contribution in [0.4, 0.5) is 5.82 Å². The average Bonchev–Trinajstić information content (AvgIpc) is 3.05. The van der Waals surface area contributed by atoms with Crippen LogP contribution in [0, 0.1) is 0 Å². The molecule has 9 heteroatoms. The molecule has 2 aromatic rings. The molecule has 1 unspecified atom stereocenters.